The van der Waals surface area contributed by atoms with Gasteiger partial charge in [0.05, 0.1) is 4.92 Å². The van der Waals surface area contributed by atoms with E-state index < -0.39 is 4.92 Å². The summed E-state index contributed by atoms with van der Waals surface area (Å²) < 4.78 is 0. The highest BCUT2D eigenvalue weighted by atomic mass is 27.0. The lowest BCUT2D eigenvalue weighted by atomic mass is 10.3. The van der Waals surface area contributed by atoms with Gasteiger partial charge in [-0.05, 0) is 6.07 Å². The monoisotopic (exact) mass is 181 g/mol. The number of para-hydroxylation sites is 2. The predicted molar refractivity (Wildman–Crippen MR) is 44.3 cm³/mol. The molecule has 0 aliphatic carbocycles. The standard InChI is InChI=1S/C6H6N2O3.Al/c9-7-5-3-1-2-4-6(5)8(10)11;/h1-4,7,9H;. The minimum atomic E-state index is -0.571. The summed E-state index contributed by atoms with van der Waals surface area (Å²) in [5.41, 5.74) is 1.69. The first-order valence-corrected chi connectivity index (χ1v) is 2.89. The van der Waals surface area contributed by atoms with E-state index in [1.807, 2.05) is 0 Å². The number of hydrogen-bond acceptors (Lipinski definition) is 4. The minimum Gasteiger partial charge on any atom is -0.291 e. The maximum atomic E-state index is 10.2. The van der Waals surface area contributed by atoms with E-state index in [0.717, 1.165) is 0 Å². The van der Waals surface area contributed by atoms with E-state index in [0.29, 0.717) is 0 Å². The van der Waals surface area contributed by atoms with E-state index in [2.05, 4.69) is 0 Å². The molecule has 1 rings (SSSR count). The van der Waals surface area contributed by atoms with Crippen LogP contribution in [0.4, 0.5) is 11.4 Å². The van der Waals surface area contributed by atoms with Crippen LogP contribution in [-0.4, -0.2) is 27.5 Å². The first-order chi connectivity index (χ1) is 5.25. The molecule has 0 atom stereocenters. The lowest BCUT2D eigenvalue weighted by Crippen LogP contribution is -1.95. The molecule has 1 aromatic rings. The van der Waals surface area contributed by atoms with Crippen molar-refractivity contribution >= 4 is 28.7 Å². The van der Waals surface area contributed by atoms with Gasteiger partial charge in [0.15, 0.2) is 0 Å². The summed E-state index contributed by atoms with van der Waals surface area (Å²) in [4.78, 5) is 9.66. The van der Waals surface area contributed by atoms with E-state index in [-0.39, 0.29) is 28.7 Å². The molecule has 12 heavy (non-hydrogen) atoms. The average molecular weight is 181 g/mol. The third kappa shape index (κ3) is 2.20. The van der Waals surface area contributed by atoms with Crippen molar-refractivity contribution in [2.75, 3.05) is 5.48 Å². The fourth-order valence-electron chi connectivity index (χ4n) is 0.727. The molecule has 0 heterocycles. The zero-order valence-corrected chi connectivity index (χ0v) is 7.25. The third-order valence-corrected chi connectivity index (χ3v) is 1.22. The second-order valence-corrected chi connectivity index (χ2v) is 1.89. The second-order valence-electron chi connectivity index (χ2n) is 1.89. The average Bonchev–Trinajstić information content (AvgIpc) is 2.04. The molecule has 0 aromatic heterocycles. The minimum absolute atomic E-state index is 0. The molecule has 0 amide bonds. The van der Waals surface area contributed by atoms with Gasteiger partial charge in [0.1, 0.15) is 5.69 Å². The Bertz CT molecular complexity index is 279. The van der Waals surface area contributed by atoms with Gasteiger partial charge in [-0.2, -0.15) is 0 Å². The van der Waals surface area contributed by atoms with Gasteiger partial charge in [-0.25, -0.2) is 0 Å². The maximum Gasteiger partial charge on any atom is 0.294 e. The summed E-state index contributed by atoms with van der Waals surface area (Å²) in [5.74, 6) is 0. The van der Waals surface area contributed by atoms with E-state index in [4.69, 9.17) is 5.21 Å². The molecule has 61 valence electrons. The third-order valence-electron chi connectivity index (χ3n) is 1.22. The molecule has 0 saturated carbocycles. The Morgan fingerprint density at radius 3 is 2.42 bits per heavy atom. The number of nitro groups is 1. The van der Waals surface area contributed by atoms with Crippen LogP contribution in [-0.2, 0) is 0 Å². The Kier molecular flexibility index (Phi) is 4.29. The highest BCUT2D eigenvalue weighted by Crippen LogP contribution is 2.21. The van der Waals surface area contributed by atoms with Crippen molar-refractivity contribution in [1.82, 2.24) is 0 Å². The fraction of sp³-hybridized carbons (Fsp3) is 0. The molecule has 3 radical (unpaired) electrons. The van der Waals surface area contributed by atoms with Gasteiger partial charge in [-0.3, -0.25) is 20.8 Å². The molecule has 2 N–H and O–H groups in total. The fourth-order valence-corrected chi connectivity index (χ4v) is 0.727. The summed E-state index contributed by atoms with van der Waals surface area (Å²) >= 11 is 0. The first kappa shape index (κ1) is 10.9. The number of rotatable bonds is 2. The molecule has 6 heteroatoms. The Morgan fingerprint density at radius 1 is 1.42 bits per heavy atom. The lowest BCUT2D eigenvalue weighted by molar-refractivity contribution is -0.384. The van der Waals surface area contributed by atoms with Crippen molar-refractivity contribution in [2.45, 2.75) is 0 Å². The summed E-state index contributed by atoms with van der Waals surface area (Å²) in [5, 5.41) is 18.6. The van der Waals surface area contributed by atoms with E-state index >= 15 is 0 Å². The molecule has 0 unspecified atom stereocenters. The van der Waals surface area contributed by atoms with Crippen LogP contribution in [0.1, 0.15) is 0 Å². The highest BCUT2D eigenvalue weighted by molar-refractivity contribution is 5.75. The van der Waals surface area contributed by atoms with Crippen molar-refractivity contribution in [3.8, 4) is 0 Å². The molecular weight excluding hydrogens is 175 g/mol. The van der Waals surface area contributed by atoms with Gasteiger partial charge in [-0.15, -0.1) is 0 Å². The van der Waals surface area contributed by atoms with Gasteiger partial charge in [0.2, 0.25) is 0 Å². The zero-order chi connectivity index (χ0) is 8.27. The van der Waals surface area contributed by atoms with Crippen LogP contribution in [0, 0.1) is 10.1 Å². The SMILES string of the molecule is O=[N+]([O-])c1ccccc1NO.[Al]. The van der Waals surface area contributed by atoms with Crippen molar-refractivity contribution in [3.05, 3.63) is 34.4 Å². The number of nitro benzene ring substituents is 1. The second kappa shape index (κ2) is 4.72. The normalized spacial score (nSPS) is 8.42. The van der Waals surface area contributed by atoms with Gasteiger partial charge in [0, 0.05) is 23.4 Å². The smallest absolute Gasteiger partial charge is 0.291 e. The Labute approximate surface area is 79.3 Å². The number of nitrogens with one attached hydrogen (secondary N) is 1. The van der Waals surface area contributed by atoms with Crippen molar-refractivity contribution in [2.24, 2.45) is 0 Å². The molecule has 5 nitrogen and oxygen atoms in total. The van der Waals surface area contributed by atoms with Crippen LogP contribution >= 0.6 is 0 Å². The van der Waals surface area contributed by atoms with Crippen molar-refractivity contribution in [1.29, 1.82) is 0 Å². The molecule has 0 aliphatic heterocycles. The van der Waals surface area contributed by atoms with E-state index in [9.17, 15) is 10.1 Å². The molecule has 0 fully saturated rings. The Balaban J connectivity index is 0.00000121. The summed E-state index contributed by atoms with van der Waals surface area (Å²) in [6, 6.07) is 5.83. The first-order valence-electron chi connectivity index (χ1n) is 2.89. The Hall–Kier alpha value is -1.09. The molecule has 0 spiro atoms. The summed E-state index contributed by atoms with van der Waals surface area (Å²) in [6.45, 7) is 0. The molecule has 0 aliphatic rings. The van der Waals surface area contributed by atoms with Gasteiger partial charge >= 0.3 is 0 Å². The van der Waals surface area contributed by atoms with Gasteiger partial charge < -0.3 is 0 Å². The van der Waals surface area contributed by atoms with Crippen LogP contribution in [0.15, 0.2) is 24.3 Å². The summed E-state index contributed by atoms with van der Waals surface area (Å²) in [6.07, 6.45) is 0. The van der Waals surface area contributed by atoms with Crippen LogP contribution in [0.3, 0.4) is 0 Å². The number of anilines is 1. The van der Waals surface area contributed by atoms with Crippen LogP contribution in [0.25, 0.3) is 0 Å². The van der Waals surface area contributed by atoms with Gasteiger partial charge in [-0.1, -0.05) is 12.1 Å². The van der Waals surface area contributed by atoms with Crippen molar-refractivity contribution in [3.63, 3.8) is 0 Å². The highest BCUT2D eigenvalue weighted by Gasteiger charge is 2.10. The lowest BCUT2D eigenvalue weighted by Gasteiger charge is -1.97. The molecule has 1 aromatic carbocycles. The maximum absolute atomic E-state index is 10.2. The van der Waals surface area contributed by atoms with Gasteiger partial charge in [0.25, 0.3) is 5.69 Å². The quantitative estimate of drug-likeness (QED) is 0.405. The Morgan fingerprint density at radius 2 is 2.00 bits per heavy atom. The molecule has 0 saturated heterocycles. The topological polar surface area (TPSA) is 75.4 Å². The van der Waals surface area contributed by atoms with Crippen LogP contribution in [0.2, 0.25) is 0 Å². The van der Waals surface area contributed by atoms with Crippen LogP contribution < -0.4 is 5.48 Å². The number of benzene rings is 1. The van der Waals surface area contributed by atoms with Crippen LogP contribution in [0.5, 0.6) is 0 Å². The van der Waals surface area contributed by atoms with E-state index in [1.54, 1.807) is 11.5 Å². The van der Waals surface area contributed by atoms with E-state index in [1.165, 1.54) is 18.2 Å². The molecule has 0 bridgehead atoms. The molecular formula is C6H6AlN2O3. The number of hydrogen-bond donors (Lipinski definition) is 2. The zero-order valence-electron chi connectivity index (χ0n) is 6.10. The predicted octanol–water partition coefficient (Wildman–Crippen LogP) is 1.02. The summed E-state index contributed by atoms with van der Waals surface area (Å²) in [7, 11) is 0. The largest absolute Gasteiger partial charge is 0.294 e. The van der Waals surface area contributed by atoms with Crippen molar-refractivity contribution < 1.29 is 10.1 Å². The number of nitrogens with zero attached hydrogens (tertiary/aromatic N) is 1.